The van der Waals surface area contributed by atoms with Gasteiger partial charge in [-0.25, -0.2) is 9.55 Å². The van der Waals surface area contributed by atoms with Gasteiger partial charge in [0, 0.05) is 29.7 Å². The zero-order valence-electron chi connectivity index (χ0n) is 13.4. The van der Waals surface area contributed by atoms with Gasteiger partial charge in [0.1, 0.15) is 17.6 Å². The Hall–Kier alpha value is -3.47. The van der Waals surface area contributed by atoms with Crippen LogP contribution in [0.1, 0.15) is 5.56 Å². The van der Waals surface area contributed by atoms with Crippen molar-refractivity contribution in [2.24, 2.45) is 0 Å². The van der Waals surface area contributed by atoms with Crippen molar-refractivity contribution in [1.82, 2.24) is 19.1 Å². The van der Waals surface area contributed by atoms with Crippen LogP contribution < -0.4 is 4.40 Å². The minimum absolute atomic E-state index is 0.832. The first kappa shape index (κ1) is 12.9. The number of benzene rings is 1. The van der Waals surface area contributed by atoms with Crippen LogP contribution >= 0.6 is 0 Å². The van der Waals surface area contributed by atoms with E-state index in [-0.39, 0.29) is 0 Å². The van der Waals surface area contributed by atoms with Crippen molar-refractivity contribution < 1.29 is 4.40 Å². The van der Waals surface area contributed by atoms with Crippen molar-refractivity contribution in [3.63, 3.8) is 0 Å². The Morgan fingerprint density at radius 2 is 1.88 bits per heavy atom. The van der Waals surface area contributed by atoms with Gasteiger partial charge in [-0.3, -0.25) is 4.98 Å². The predicted octanol–water partition coefficient (Wildman–Crippen LogP) is 2.99. The molecule has 1 aliphatic rings. The first-order valence-electron chi connectivity index (χ1n) is 8.31. The summed E-state index contributed by atoms with van der Waals surface area (Å²) in [5, 5.41) is 0. The lowest BCUT2D eigenvalue weighted by atomic mass is 10.1. The van der Waals surface area contributed by atoms with Crippen LogP contribution in [0.5, 0.6) is 0 Å². The number of imidazole rings is 2. The molecule has 0 saturated carbocycles. The molecule has 5 nitrogen and oxygen atoms in total. The summed E-state index contributed by atoms with van der Waals surface area (Å²) in [6.07, 6.45) is 7.89. The largest absolute Gasteiger partial charge is 0.377 e. The molecule has 5 aromatic rings. The SMILES string of the molecule is c1ccc(-n2c3ncccc3[n+]3cc4n(c23)Cc2cnccc2-4)cc1. The molecule has 118 valence electrons. The minimum atomic E-state index is 0.832. The summed E-state index contributed by atoms with van der Waals surface area (Å²) in [6, 6.07) is 16.6. The molecule has 0 atom stereocenters. The topological polar surface area (TPSA) is 39.7 Å². The fourth-order valence-electron chi connectivity index (χ4n) is 3.90. The standard InChI is InChI=1S/C20H14N5/c1-2-5-15(6-3-1)25-19-17(7-4-9-22-19)24-13-18-16-8-10-21-11-14(16)12-23(18)20(24)25/h1-11,13H,12H2/q+1. The van der Waals surface area contributed by atoms with Gasteiger partial charge in [-0.05, 0) is 30.3 Å². The predicted molar refractivity (Wildman–Crippen MR) is 94.6 cm³/mol. The Morgan fingerprint density at radius 1 is 0.960 bits per heavy atom. The summed E-state index contributed by atoms with van der Waals surface area (Å²) < 4.78 is 6.83. The maximum absolute atomic E-state index is 4.66. The summed E-state index contributed by atoms with van der Waals surface area (Å²) in [4.78, 5) is 8.94. The Balaban J connectivity index is 1.79. The number of aromatic nitrogens is 5. The van der Waals surface area contributed by atoms with E-state index >= 15 is 0 Å². The van der Waals surface area contributed by atoms with E-state index in [2.05, 4.69) is 66.1 Å². The van der Waals surface area contributed by atoms with Gasteiger partial charge in [0.25, 0.3) is 0 Å². The number of fused-ring (bicyclic) bond motifs is 7. The molecule has 0 aliphatic carbocycles. The number of hydrogen-bond acceptors (Lipinski definition) is 2. The smallest absolute Gasteiger partial charge is 0.264 e. The molecule has 0 unspecified atom stereocenters. The van der Waals surface area contributed by atoms with Gasteiger partial charge in [-0.15, -0.1) is 0 Å². The van der Waals surface area contributed by atoms with E-state index in [1.165, 1.54) is 16.8 Å². The van der Waals surface area contributed by atoms with Crippen LogP contribution in [-0.4, -0.2) is 19.1 Å². The summed E-state index contributed by atoms with van der Waals surface area (Å²) in [5.74, 6) is 1.12. The molecule has 1 aromatic carbocycles. The fourth-order valence-corrected chi connectivity index (χ4v) is 3.90. The fraction of sp³-hybridized carbons (Fsp3) is 0.0500. The maximum atomic E-state index is 4.66. The third-order valence-electron chi connectivity index (χ3n) is 4.96. The Morgan fingerprint density at radius 3 is 2.80 bits per heavy atom. The Bertz CT molecular complexity index is 1260. The second-order valence-electron chi connectivity index (χ2n) is 6.32. The first-order chi connectivity index (χ1) is 12.4. The lowest BCUT2D eigenvalue weighted by Crippen LogP contribution is -2.18. The van der Waals surface area contributed by atoms with E-state index in [9.17, 15) is 0 Å². The number of rotatable bonds is 1. The van der Waals surface area contributed by atoms with E-state index < -0.39 is 0 Å². The lowest BCUT2D eigenvalue weighted by molar-refractivity contribution is -0.480. The van der Waals surface area contributed by atoms with Crippen LogP contribution in [0.3, 0.4) is 0 Å². The third kappa shape index (κ3) is 1.59. The zero-order valence-corrected chi connectivity index (χ0v) is 13.4. The van der Waals surface area contributed by atoms with Crippen LogP contribution in [0.4, 0.5) is 0 Å². The average Bonchev–Trinajstić information content (AvgIpc) is 3.30. The highest BCUT2D eigenvalue weighted by Crippen LogP contribution is 2.33. The number of para-hydroxylation sites is 1. The molecule has 4 aromatic heterocycles. The molecule has 25 heavy (non-hydrogen) atoms. The van der Waals surface area contributed by atoms with E-state index in [0.717, 1.165) is 29.2 Å². The van der Waals surface area contributed by atoms with Gasteiger partial charge in [0.2, 0.25) is 5.65 Å². The molecule has 5 heteroatoms. The van der Waals surface area contributed by atoms with Crippen LogP contribution in [0.15, 0.2) is 73.3 Å². The first-order valence-corrected chi connectivity index (χ1v) is 8.31. The molecule has 0 bridgehead atoms. The van der Waals surface area contributed by atoms with Crippen molar-refractivity contribution >= 4 is 16.9 Å². The van der Waals surface area contributed by atoms with Crippen molar-refractivity contribution in [2.45, 2.75) is 6.54 Å². The van der Waals surface area contributed by atoms with Crippen molar-refractivity contribution in [2.75, 3.05) is 0 Å². The van der Waals surface area contributed by atoms with Crippen molar-refractivity contribution in [3.8, 4) is 16.9 Å². The van der Waals surface area contributed by atoms with Crippen LogP contribution in [0.25, 0.3) is 33.9 Å². The second-order valence-corrected chi connectivity index (χ2v) is 6.32. The molecule has 0 fully saturated rings. The van der Waals surface area contributed by atoms with Gasteiger partial charge in [-0.2, -0.15) is 8.97 Å². The van der Waals surface area contributed by atoms with Crippen LogP contribution in [0, 0.1) is 0 Å². The normalized spacial score (nSPS) is 12.6. The molecule has 0 radical (unpaired) electrons. The second kappa shape index (κ2) is 4.54. The van der Waals surface area contributed by atoms with E-state index in [0.29, 0.717) is 0 Å². The molecule has 6 rings (SSSR count). The van der Waals surface area contributed by atoms with Gasteiger partial charge in [0.05, 0.1) is 6.54 Å². The molecule has 5 heterocycles. The summed E-state index contributed by atoms with van der Waals surface area (Å²) in [6.45, 7) is 0.832. The average molecular weight is 324 g/mol. The summed E-state index contributed by atoms with van der Waals surface area (Å²) in [5.41, 5.74) is 6.94. The molecular formula is C20H14N5+. The highest BCUT2D eigenvalue weighted by atomic mass is 15.3. The molecular weight excluding hydrogens is 310 g/mol. The zero-order chi connectivity index (χ0) is 16.4. The van der Waals surface area contributed by atoms with E-state index in [1.807, 2.05) is 30.7 Å². The maximum Gasteiger partial charge on any atom is 0.377 e. The van der Waals surface area contributed by atoms with Crippen molar-refractivity contribution in [3.05, 3.63) is 78.9 Å². The van der Waals surface area contributed by atoms with Gasteiger partial charge in [-0.1, -0.05) is 18.2 Å². The highest BCUT2D eigenvalue weighted by Gasteiger charge is 2.32. The van der Waals surface area contributed by atoms with Gasteiger partial charge < -0.3 is 0 Å². The number of hydrogen-bond donors (Lipinski definition) is 0. The highest BCUT2D eigenvalue weighted by molar-refractivity contribution is 5.77. The van der Waals surface area contributed by atoms with Crippen LogP contribution in [-0.2, 0) is 6.54 Å². The summed E-state index contributed by atoms with van der Waals surface area (Å²) >= 11 is 0. The number of pyridine rings is 2. The summed E-state index contributed by atoms with van der Waals surface area (Å²) in [7, 11) is 0. The molecule has 0 spiro atoms. The molecule has 0 N–H and O–H groups in total. The molecule has 0 saturated heterocycles. The van der Waals surface area contributed by atoms with Gasteiger partial charge in [0.15, 0.2) is 5.52 Å². The number of nitrogens with zero attached hydrogens (tertiary/aromatic N) is 5. The Kier molecular flexibility index (Phi) is 2.34. The quantitative estimate of drug-likeness (QED) is 0.436. The van der Waals surface area contributed by atoms with E-state index in [4.69, 9.17) is 0 Å². The van der Waals surface area contributed by atoms with E-state index in [1.54, 1.807) is 0 Å². The molecule has 1 aliphatic heterocycles. The Labute approximate surface area is 143 Å². The molecule has 0 amide bonds. The van der Waals surface area contributed by atoms with Crippen molar-refractivity contribution in [1.29, 1.82) is 0 Å². The minimum Gasteiger partial charge on any atom is -0.264 e. The van der Waals surface area contributed by atoms with Crippen LogP contribution in [0.2, 0.25) is 0 Å². The lowest BCUT2D eigenvalue weighted by Gasteiger charge is -2.00. The van der Waals surface area contributed by atoms with Gasteiger partial charge >= 0.3 is 5.78 Å². The third-order valence-corrected chi connectivity index (χ3v) is 4.96. The monoisotopic (exact) mass is 324 g/mol.